The lowest BCUT2D eigenvalue weighted by Gasteiger charge is -2.35. The molecule has 2 fully saturated rings. The summed E-state index contributed by atoms with van der Waals surface area (Å²) in [4.78, 5) is 45.3. The molecule has 1 N–H and O–H groups in total. The third-order valence-electron chi connectivity index (χ3n) is 7.46. The van der Waals surface area contributed by atoms with Crippen molar-refractivity contribution >= 4 is 39.9 Å². The van der Waals surface area contributed by atoms with Crippen LogP contribution in [0.25, 0.3) is 11.1 Å². The number of nitrogens with one attached hydrogen (secondary N) is 1. The Labute approximate surface area is 240 Å². The second-order valence-electron chi connectivity index (χ2n) is 12.6. The lowest BCUT2D eigenvalue weighted by molar-refractivity contribution is 0.0174. The highest BCUT2D eigenvalue weighted by Gasteiger charge is 2.37. The Morgan fingerprint density at radius 3 is 2.35 bits per heavy atom. The van der Waals surface area contributed by atoms with Crippen LogP contribution in [0.3, 0.4) is 0 Å². The average Bonchev–Trinajstić information content (AvgIpc) is 3.27. The Kier molecular flexibility index (Phi) is 7.85. The lowest BCUT2D eigenvalue weighted by Crippen LogP contribution is -2.52. The van der Waals surface area contributed by atoms with Crippen LogP contribution in [-0.2, 0) is 15.9 Å². The number of Topliss-reactive ketones (excluding diaryl/α,β-unsaturated/α-hetero) is 1. The van der Waals surface area contributed by atoms with Crippen molar-refractivity contribution in [3.05, 3.63) is 34.7 Å². The average molecular weight is 569 g/mol. The summed E-state index contributed by atoms with van der Waals surface area (Å²) in [6.07, 6.45) is 1.04. The van der Waals surface area contributed by atoms with Crippen molar-refractivity contribution in [3.63, 3.8) is 0 Å². The summed E-state index contributed by atoms with van der Waals surface area (Å²) in [5, 5.41) is 4.17. The van der Waals surface area contributed by atoms with E-state index in [-0.39, 0.29) is 23.3 Å². The van der Waals surface area contributed by atoms with Crippen LogP contribution in [0.5, 0.6) is 0 Å². The maximum Gasteiger partial charge on any atom is 0.410 e. The topological polar surface area (TPSA) is 91.4 Å². The van der Waals surface area contributed by atoms with Crippen molar-refractivity contribution in [2.24, 2.45) is 5.41 Å². The van der Waals surface area contributed by atoms with E-state index in [9.17, 15) is 14.4 Å². The van der Waals surface area contributed by atoms with Crippen molar-refractivity contribution in [2.45, 2.75) is 53.1 Å². The zero-order valence-electron chi connectivity index (χ0n) is 24.2. The van der Waals surface area contributed by atoms with Crippen molar-refractivity contribution in [3.8, 4) is 11.1 Å². The van der Waals surface area contributed by atoms with Gasteiger partial charge < -0.3 is 29.5 Å². The molecule has 9 nitrogen and oxygen atoms in total. The summed E-state index contributed by atoms with van der Waals surface area (Å²) in [6, 6.07) is 7.72. The van der Waals surface area contributed by atoms with E-state index in [4.69, 9.17) is 9.47 Å². The number of hydrogen-bond acceptors (Lipinski definition) is 7. The molecule has 0 spiro atoms. The van der Waals surface area contributed by atoms with E-state index in [0.29, 0.717) is 51.5 Å². The molecule has 0 bridgehead atoms. The smallest absolute Gasteiger partial charge is 0.410 e. The van der Waals surface area contributed by atoms with Crippen LogP contribution in [0.15, 0.2) is 24.3 Å². The molecule has 0 unspecified atom stereocenters. The summed E-state index contributed by atoms with van der Waals surface area (Å²) >= 11 is 1.60. The fourth-order valence-electron chi connectivity index (χ4n) is 5.56. The Morgan fingerprint density at radius 2 is 1.68 bits per heavy atom. The molecule has 2 aliphatic heterocycles. The summed E-state index contributed by atoms with van der Waals surface area (Å²) in [7, 11) is 0. The summed E-state index contributed by atoms with van der Waals surface area (Å²) in [5.74, 6) is 0.215. The molecule has 3 heterocycles. The predicted molar refractivity (Wildman–Crippen MR) is 158 cm³/mol. The molecule has 2 aromatic rings. The highest BCUT2D eigenvalue weighted by atomic mass is 32.1. The van der Waals surface area contributed by atoms with E-state index in [1.165, 1.54) is 0 Å². The summed E-state index contributed by atoms with van der Waals surface area (Å²) in [5.41, 5.74) is 3.27. The maximum absolute atomic E-state index is 13.2. The lowest BCUT2D eigenvalue weighted by atomic mass is 9.75. The molecule has 10 heteroatoms. The number of ether oxygens (including phenoxy) is 2. The molecule has 216 valence electrons. The number of carbonyl (C=O) groups is 3. The number of urea groups is 1. The molecule has 3 amide bonds. The number of morpholine rings is 1. The minimum Gasteiger partial charge on any atom is -0.444 e. The van der Waals surface area contributed by atoms with E-state index < -0.39 is 5.60 Å². The Bertz CT molecular complexity index is 1280. The number of ketones is 1. The first-order valence-electron chi connectivity index (χ1n) is 14.1. The number of carbonyl (C=O) groups excluding carboxylic acids is 3. The van der Waals surface area contributed by atoms with Gasteiger partial charge in [0.1, 0.15) is 5.60 Å². The van der Waals surface area contributed by atoms with Gasteiger partial charge in [-0.05, 0) is 55.9 Å². The van der Waals surface area contributed by atoms with Gasteiger partial charge in [-0.3, -0.25) is 4.79 Å². The van der Waals surface area contributed by atoms with Crippen LogP contribution in [-0.4, -0.2) is 85.8 Å². The van der Waals surface area contributed by atoms with Crippen LogP contribution in [0.2, 0.25) is 0 Å². The number of fused-ring (bicyclic) bond motifs is 1. The highest BCUT2D eigenvalue weighted by Crippen LogP contribution is 2.49. The van der Waals surface area contributed by atoms with Gasteiger partial charge in [-0.1, -0.05) is 26.0 Å². The van der Waals surface area contributed by atoms with Gasteiger partial charge in [-0.2, -0.15) is 0 Å². The van der Waals surface area contributed by atoms with Crippen LogP contribution in [0.1, 0.15) is 56.3 Å². The number of rotatable bonds is 3. The van der Waals surface area contributed by atoms with Gasteiger partial charge in [0.05, 0.1) is 23.1 Å². The van der Waals surface area contributed by atoms with Crippen LogP contribution in [0, 0.1) is 5.41 Å². The second kappa shape index (κ2) is 11.0. The molecular formula is C30H40N4O5S. The van der Waals surface area contributed by atoms with Crippen LogP contribution in [0.4, 0.5) is 20.3 Å². The molecule has 2 saturated heterocycles. The molecule has 1 aromatic heterocycles. The Morgan fingerprint density at radius 1 is 1.00 bits per heavy atom. The molecule has 0 atom stereocenters. The van der Waals surface area contributed by atoms with Crippen molar-refractivity contribution in [2.75, 3.05) is 62.7 Å². The summed E-state index contributed by atoms with van der Waals surface area (Å²) in [6.45, 7) is 14.5. The molecule has 40 heavy (non-hydrogen) atoms. The highest BCUT2D eigenvalue weighted by molar-refractivity contribution is 7.19. The zero-order chi connectivity index (χ0) is 28.7. The molecule has 0 saturated carbocycles. The number of anilines is 2. The zero-order valence-corrected chi connectivity index (χ0v) is 25.0. The normalized spacial score (nSPS) is 19.3. The standard InChI is InChI=1S/C30H40N4O5S/c1-29(2,3)39-28(37)34-11-9-33(10-12-34)27(36)31-21-8-6-7-20(17-21)24-22-18-30(4,5)19-23(35)25(22)40-26(24)32-13-15-38-16-14-32/h6-8,17H,9-16,18-19H2,1-5H3,(H,31,36). The fourth-order valence-corrected chi connectivity index (χ4v) is 6.89. The first kappa shape index (κ1) is 28.4. The molecule has 0 radical (unpaired) electrons. The maximum atomic E-state index is 13.2. The SMILES string of the molecule is CC1(C)CC(=O)c2sc(N3CCOCC3)c(-c3cccc(NC(=O)N4CCN(C(=O)OC(C)(C)C)CC4)c3)c2C1. The van der Waals surface area contributed by atoms with Crippen molar-refractivity contribution in [1.29, 1.82) is 0 Å². The second-order valence-corrected chi connectivity index (χ2v) is 13.6. The Balaban J connectivity index is 1.35. The predicted octanol–water partition coefficient (Wildman–Crippen LogP) is 5.49. The molecule has 5 rings (SSSR count). The van der Waals surface area contributed by atoms with E-state index in [1.807, 2.05) is 39.0 Å². The Hall–Kier alpha value is -3.11. The summed E-state index contributed by atoms with van der Waals surface area (Å²) < 4.78 is 11.1. The number of nitrogens with zero attached hydrogens (tertiary/aromatic N) is 3. The van der Waals surface area contributed by atoms with Gasteiger partial charge in [0.15, 0.2) is 5.78 Å². The largest absolute Gasteiger partial charge is 0.444 e. The fraction of sp³-hybridized carbons (Fsp3) is 0.567. The molecular weight excluding hydrogens is 528 g/mol. The minimum absolute atomic E-state index is 0.102. The van der Waals surface area contributed by atoms with E-state index in [0.717, 1.165) is 46.1 Å². The molecule has 1 aliphatic carbocycles. The number of amides is 3. The van der Waals surface area contributed by atoms with E-state index in [1.54, 1.807) is 21.1 Å². The number of thiophene rings is 1. The van der Waals surface area contributed by atoms with Gasteiger partial charge >= 0.3 is 12.1 Å². The van der Waals surface area contributed by atoms with Gasteiger partial charge in [0, 0.05) is 56.9 Å². The number of hydrogen-bond donors (Lipinski definition) is 1. The molecule has 1 aromatic carbocycles. The van der Waals surface area contributed by atoms with Crippen molar-refractivity contribution in [1.82, 2.24) is 9.80 Å². The van der Waals surface area contributed by atoms with Crippen LogP contribution < -0.4 is 10.2 Å². The number of piperazine rings is 1. The first-order valence-corrected chi connectivity index (χ1v) is 14.9. The first-order chi connectivity index (χ1) is 18.9. The minimum atomic E-state index is -0.553. The van der Waals surface area contributed by atoms with Gasteiger partial charge in [0.2, 0.25) is 0 Å². The number of benzene rings is 1. The van der Waals surface area contributed by atoms with Gasteiger partial charge in [0.25, 0.3) is 0 Å². The monoisotopic (exact) mass is 568 g/mol. The van der Waals surface area contributed by atoms with Gasteiger partial charge in [-0.15, -0.1) is 11.3 Å². The van der Waals surface area contributed by atoms with Crippen molar-refractivity contribution < 1.29 is 23.9 Å². The quantitative estimate of drug-likeness (QED) is 0.527. The van der Waals surface area contributed by atoms with E-state index >= 15 is 0 Å². The van der Waals surface area contributed by atoms with Gasteiger partial charge in [-0.25, -0.2) is 9.59 Å². The third kappa shape index (κ3) is 6.28. The van der Waals surface area contributed by atoms with Crippen LogP contribution >= 0.6 is 11.3 Å². The van der Waals surface area contributed by atoms with E-state index in [2.05, 4.69) is 30.1 Å². The third-order valence-corrected chi connectivity index (χ3v) is 8.79. The molecule has 3 aliphatic rings.